The highest BCUT2D eigenvalue weighted by molar-refractivity contribution is 8.16. The van der Waals surface area contributed by atoms with Crippen LogP contribution < -0.4 is 5.43 Å². The Hall–Kier alpha value is -1.52. The first-order chi connectivity index (χ1) is 9.08. The van der Waals surface area contributed by atoms with Crippen molar-refractivity contribution in [2.24, 2.45) is 0 Å². The minimum atomic E-state index is -0.649. The van der Waals surface area contributed by atoms with Crippen molar-refractivity contribution in [1.29, 1.82) is 0 Å². The van der Waals surface area contributed by atoms with E-state index in [0.717, 1.165) is 11.2 Å². The highest BCUT2D eigenvalue weighted by atomic mass is 32.2. The Morgan fingerprint density at radius 3 is 2.42 bits per heavy atom. The number of anilines is 1. The van der Waals surface area contributed by atoms with Gasteiger partial charge in [0.1, 0.15) is 5.69 Å². The first kappa shape index (κ1) is 13.9. The summed E-state index contributed by atoms with van der Waals surface area (Å²) in [5.74, 6) is 1.42. The summed E-state index contributed by atoms with van der Waals surface area (Å²) in [5.41, 5.74) is 2.60. The molecular weight excluding hydrogens is 292 g/mol. The Balaban J connectivity index is 2.23. The third-order valence-electron chi connectivity index (χ3n) is 2.33. The zero-order valence-corrected chi connectivity index (χ0v) is 11.3. The van der Waals surface area contributed by atoms with E-state index >= 15 is 0 Å². The van der Waals surface area contributed by atoms with Crippen LogP contribution in [0.25, 0.3) is 0 Å². The number of nitrogens with zero attached hydrogens (tertiary/aromatic N) is 3. The van der Waals surface area contributed by atoms with E-state index in [4.69, 9.17) is 0 Å². The van der Waals surface area contributed by atoms with Crippen molar-refractivity contribution < 1.29 is 9.85 Å². The van der Waals surface area contributed by atoms with E-state index < -0.39 is 9.85 Å². The maximum absolute atomic E-state index is 11.0. The molecule has 0 unspecified atom stereocenters. The van der Waals surface area contributed by atoms with Crippen molar-refractivity contribution in [1.82, 2.24) is 5.01 Å². The summed E-state index contributed by atoms with van der Waals surface area (Å²) in [6.45, 7) is 0. The molecule has 19 heavy (non-hydrogen) atoms. The Bertz CT molecular complexity index is 507. The van der Waals surface area contributed by atoms with Gasteiger partial charge in [-0.15, -0.1) is 23.5 Å². The largest absolute Gasteiger partial charge is 0.311 e. The van der Waals surface area contributed by atoms with Crippen molar-refractivity contribution >= 4 is 40.6 Å². The molecule has 0 radical (unpaired) electrons. The topological polar surface area (TPSA) is 102 Å². The van der Waals surface area contributed by atoms with Gasteiger partial charge >= 0.3 is 5.69 Å². The summed E-state index contributed by atoms with van der Waals surface area (Å²) < 4.78 is 0. The smallest absolute Gasteiger partial charge is 0.300 e. The maximum atomic E-state index is 11.0. The second-order valence-electron chi connectivity index (χ2n) is 3.65. The first-order valence-corrected chi connectivity index (χ1v) is 7.49. The lowest BCUT2D eigenvalue weighted by molar-refractivity contribution is -0.393. The standard InChI is InChI=1S/C9H10N4O4S2/c14-12(15)7-1-2-8(9(3-7)13(16)17)10-11-4-18-6-19-5-11/h1-3,10H,4-6H2. The average molecular weight is 302 g/mol. The molecule has 1 aromatic carbocycles. The molecule has 1 heterocycles. The van der Waals surface area contributed by atoms with E-state index in [1.807, 2.05) is 5.01 Å². The number of hydrogen-bond donors (Lipinski definition) is 1. The monoisotopic (exact) mass is 302 g/mol. The fraction of sp³-hybridized carbons (Fsp3) is 0.333. The SMILES string of the molecule is O=[N+]([O-])c1ccc(NN2CSCSC2)c([N+](=O)[O-])c1. The number of hydrazine groups is 1. The highest BCUT2D eigenvalue weighted by Crippen LogP contribution is 2.31. The van der Waals surface area contributed by atoms with Crippen LogP contribution in [0.5, 0.6) is 0 Å². The van der Waals surface area contributed by atoms with E-state index in [2.05, 4.69) is 5.43 Å². The fourth-order valence-corrected chi connectivity index (χ4v) is 3.44. The Kier molecular flexibility index (Phi) is 4.45. The highest BCUT2D eigenvalue weighted by Gasteiger charge is 2.21. The van der Waals surface area contributed by atoms with Gasteiger partial charge in [-0.2, -0.15) is 0 Å². The molecule has 1 aliphatic heterocycles. The molecule has 102 valence electrons. The molecule has 0 aliphatic carbocycles. The van der Waals surface area contributed by atoms with Crippen LogP contribution in [0.3, 0.4) is 0 Å². The number of non-ortho nitro benzene ring substituents is 1. The van der Waals surface area contributed by atoms with E-state index in [1.165, 1.54) is 12.1 Å². The van der Waals surface area contributed by atoms with Crippen molar-refractivity contribution in [2.45, 2.75) is 0 Å². The number of nitrogens with one attached hydrogen (secondary N) is 1. The van der Waals surface area contributed by atoms with Crippen LogP contribution in [0.1, 0.15) is 0 Å². The molecule has 0 amide bonds. The normalized spacial score (nSPS) is 16.0. The zero-order chi connectivity index (χ0) is 13.8. The van der Waals surface area contributed by atoms with Crippen LogP contribution in [0.15, 0.2) is 18.2 Å². The summed E-state index contributed by atoms with van der Waals surface area (Å²) >= 11 is 3.39. The van der Waals surface area contributed by atoms with E-state index in [-0.39, 0.29) is 17.1 Å². The van der Waals surface area contributed by atoms with Gasteiger partial charge in [0.2, 0.25) is 0 Å². The molecule has 1 N–H and O–H groups in total. The van der Waals surface area contributed by atoms with Gasteiger partial charge in [0.25, 0.3) is 5.69 Å². The predicted molar refractivity (Wildman–Crippen MR) is 75.0 cm³/mol. The minimum absolute atomic E-state index is 0.263. The number of benzene rings is 1. The second-order valence-corrected chi connectivity index (χ2v) is 5.93. The van der Waals surface area contributed by atoms with E-state index in [1.54, 1.807) is 23.5 Å². The lowest BCUT2D eigenvalue weighted by atomic mass is 10.2. The third-order valence-corrected chi connectivity index (χ3v) is 4.65. The average Bonchev–Trinajstić information content (AvgIpc) is 2.39. The summed E-state index contributed by atoms with van der Waals surface area (Å²) in [5, 5.41) is 24.4. The lowest BCUT2D eigenvalue weighted by Gasteiger charge is -2.26. The van der Waals surface area contributed by atoms with Gasteiger partial charge in [0, 0.05) is 11.2 Å². The molecule has 1 aromatic rings. The van der Waals surface area contributed by atoms with Gasteiger partial charge in [-0.1, -0.05) is 0 Å². The summed E-state index contributed by atoms with van der Waals surface area (Å²) in [7, 11) is 0. The van der Waals surface area contributed by atoms with Gasteiger partial charge < -0.3 is 5.43 Å². The van der Waals surface area contributed by atoms with Gasteiger partial charge in [-0.3, -0.25) is 20.2 Å². The molecule has 0 bridgehead atoms. The lowest BCUT2D eigenvalue weighted by Crippen LogP contribution is -2.32. The van der Waals surface area contributed by atoms with E-state index in [9.17, 15) is 20.2 Å². The molecule has 0 atom stereocenters. The third kappa shape index (κ3) is 3.49. The molecule has 0 aromatic heterocycles. The quantitative estimate of drug-likeness (QED) is 0.668. The van der Waals surface area contributed by atoms with Crippen LogP contribution in [-0.2, 0) is 0 Å². The molecule has 1 saturated heterocycles. The number of nitro benzene ring substituents is 2. The minimum Gasteiger partial charge on any atom is -0.311 e. The summed E-state index contributed by atoms with van der Waals surface area (Å²) in [6.07, 6.45) is 0. The Morgan fingerprint density at radius 2 is 1.84 bits per heavy atom. The van der Waals surface area contributed by atoms with Crippen LogP contribution >= 0.6 is 23.5 Å². The van der Waals surface area contributed by atoms with Crippen molar-refractivity contribution in [2.75, 3.05) is 22.3 Å². The van der Waals surface area contributed by atoms with Gasteiger partial charge in [-0.25, -0.2) is 5.01 Å². The van der Waals surface area contributed by atoms with Crippen LogP contribution in [0, 0.1) is 20.2 Å². The van der Waals surface area contributed by atoms with Crippen molar-refractivity contribution in [3.63, 3.8) is 0 Å². The van der Waals surface area contributed by atoms with Crippen molar-refractivity contribution in [3.05, 3.63) is 38.4 Å². The molecule has 1 fully saturated rings. The zero-order valence-electron chi connectivity index (χ0n) is 9.64. The molecule has 1 aliphatic rings. The molecule has 10 heteroatoms. The molecule has 8 nitrogen and oxygen atoms in total. The predicted octanol–water partition coefficient (Wildman–Crippen LogP) is 2.48. The molecule has 2 rings (SSSR count). The Labute approximate surface area is 116 Å². The number of hydrogen-bond acceptors (Lipinski definition) is 8. The molecular formula is C9H10N4O4S2. The number of rotatable bonds is 4. The first-order valence-electron chi connectivity index (χ1n) is 5.18. The summed E-state index contributed by atoms with van der Waals surface area (Å²) in [6, 6.07) is 3.58. The van der Waals surface area contributed by atoms with Crippen LogP contribution in [0.4, 0.5) is 17.1 Å². The number of thioether (sulfide) groups is 2. The van der Waals surface area contributed by atoms with E-state index in [0.29, 0.717) is 11.8 Å². The summed E-state index contributed by atoms with van der Waals surface area (Å²) in [4.78, 5) is 20.3. The fourth-order valence-electron chi connectivity index (χ4n) is 1.51. The van der Waals surface area contributed by atoms with Gasteiger partial charge in [-0.05, 0) is 6.07 Å². The number of nitro groups is 2. The molecule has 0 spiro atoms. The Morgan fingerprint density at radius 1 is 1.16 bits per heavy atom. The second kappa shape index (κ2) is 6.08. The van der Waals surface area contributed by atoms with Crippen molar-refractivity contribution in [3.8, 4) is 0 Å². The molecule has 0 saturated carbocycles. The van der Waals surface area contributed by atoms with Gasteiger partial charge in [0.15, 0.2) is 0 Å². The van der Waals surface area contributed by atoms with Crippen LogP contribution in [-0.4, -0.2) is 31.7 Å². The van der Waals surface area contributed by atoms with Crippen LogP contribution in [0.2, 0.25) is 0 Å². The van der Waals surface area contributed by atoms with Gasteiger partial charge in [0.05, 0.1) is 27.7 Å². The maximum Gasteiger partial charge on any atom is 0.300 e.